The maximum absolute atomic E-state index is 11.0. The van der Waals surface area contributed by atoms with Crippen LogP contribution in [-0.4, -0.2) is 29.4 Å². The van der Waals surface area contributed by atoms with Gasteiger partial charge in [0.1, 0.15) is 23.4 Å². The average Bonchev–Trinajstić information content (AvgIpc) is 3.13. The molecule has 2 N–H and O–H groups in total. The van der Waals surface area contributed by atoms with E-state index in [-0.39, 0.29) is 12.2 Å². The van der Waals surface area contributed by atoms with Crippen molar-refractivity contribution < 1.29 is 24.5 Å². The standard InChI is InChI=1S/C13H13BrO5/c14-10-11(17)7(13(1-2-13)6-9(15)16)5-8-12(10)19-4-3-18-8/h5,17H,1-4,6H2,(H,15,16). The van der Waals surface area contributed by atoms with Crippen LogP contribution in [0.25, 0.3) is 0 Å². The number of aliphatic carboxylic acids is 1. The lowest BCUT2D eigenvalue weighted by Crippen LogP contribution is -2.18. The number of phenols is 1. The fourth-order valence-electron chi connectivity index (χ4n) is 2.52. The summed E-state index contributed by atoms with van der Waals surface area (Å²) in [5, 5.41) is 19.3. The van der Waals surface area contributed by atoms with E-state index < -0.39 is 11.4 Å². The van der Waals surface area contributed by atoms with Crippen LogP contribution in [0.15, 0.2) is 10.5 Å². The van der Waals surface area contributed by atoms with Crippen LogP contribution in [0.3, 0.4) is 0 Å². The molecule has 1 aromatic carbocycles. The molecule has 0 radical (unpaired) electrons. The van der Waals surface area contributed by atoms with Crippen molar-refractivity contribution in [2.75, 3.05) is 13.2 Å². The van der Waals surface area contributed by atoms with Crippen LogP contribution in [-0.2, 0) is 10.2 Å². The van der Waals surface area contributed by atoms with Crippen LogP contribution >= 0.6 is 15.9 Å². The largest absolute Gasteiger partial charge is 0.506 e. The first-order valence-electron chi connectivity index (χ1n) is 6.07. The summed E-state index contributed by atoms with van der Waals surface area (Å²) in [6.45, 7) is 0.889. The number of carboxylic acid groups (broad SMARTS) is 1. The molecule has 102 valence electrons. The summed E-state index contributed by atoms with van der Waals surface area (Å²) in [6.07, 6.45) is 1.55. The fraction of sp³-hybridized carbons (Fsp3) is 0.462. The van der Waals surface area contributed by atoms with Crippen molar-refractivity contribution in [3.63, 3.8) is 0 Å². The van der Waals surface area contributed by atoms with Gasteiger partial charge in [0.2, 0.25) is 0 Å². The van der Waals surface area contributed by atoms with Gasteiger partial charge in [0, 0.05) is 11.0 Å². The molecule has 0 unspecified atom stereocenters. The minimum Gasteiger partial charge on any atom is -0.506 e. The molecule has 5 nitrogen and oxygen atoms in total. The first-order chi connectivity index (χ1) is 9.03. The number of fused-ring (bicyclic) bond motifs is 1. The number of rotatable bonds is 3. The van der Waals surface area contributed by atoms with Gasteiger partial charge in [-0.3, -0.25) is 4.79 Å². The van der Waals surface area contributed by atoms with E-state index in [1.165, 1.54) is 0 Å². The van der Waals surface area contributed by atoms with Gasteiger partial charge in [-0.15, -0.1) is 0 Å². The number of benzene rings is 1. The third kappa shape index (κ3) is 2.04. The minimum absolute atomic E-state index is 0.0205. The van der Waals surface area contributed by atoms with Crippen LogP contribution < -0.4 is 9.47 Å². The van der Waals surface area contributed by atoms with Crippen LogP contribution in [0.4, 0.5) is 0 Å². The summed E-state index contributed by atoms with van der Waals surface area (Å²) in [7, 11) is 0. The van der Waals surface area contributed by atoms with E-state index in [9.17, 15) is 9.90 Å². The number of hydrogen-bond acceptors (Lipinski definition) is 4. The van der Waals surface area contributed by atoms with Gasteiger partial charge in [-0.2, -0.15) is 0 Å². The molecule has 1 aliphatic carbocycles. The number of phenolic OH excluding ortho intramolecular Hbond substituents is 1. The molecule has 2 aliphatic rings. The Morgan fingerprint density at radius 2 is 2.05 bits per heavy atom. The van der Waals surface area contributed by atoms with Gasteiger partial charge >= 0.3 is 5.97 Å². The Bertz CT molecular complexity index is 550. The number of ether oxygens (including phenoxy) is 2. The Hall–Kier alpha value is -1.43. The first kappa shape index (κ1) is 12.6. The lowest BCUT2D eigenvalue weighted by molar-refractivity contribution is -0.137. The van der Waals surface area contributed by atoms with Crippen LogP contribution in [0.2, 0.25) is 0 Å². The summed E-state index contributed by atoms with van der Waals surface area (Å²) in [6, 6.07) is 1.71. The van der Waals surface area contributed by atoms with E-state index in [1.54, 1.807) is 6.07 Å². The molecule has 0 bridgehead atoms. The van der Waals surface area contributed by atoms with E-state index in [0.717, 1.165) is 12.8 Å². The fourth-order valence-corrected chi connectivity index (χ4v) is 3.05. The zero-order chi connectivity index (χ0) is 13.6. The molecule has 0 spiro atoms. The zero-order valence-corrected chi connectivity index (χ0v) is 11.7. The van der Waals surface area contributed by atoms with Crippen molar-refractivity contribution in [1.29, 1.82) is 0 Å². The van der Waals surface area contributed by atoms with Crippen LogP contribution in [0.5, 0.6) is 17.2 Å². The highest BCUT2D eigenvalue weighted by atomic mass is 79.9. The number of aromatic hydroxyl groups is 1. The highest BCUT2D eigenvalue weighted by Gasteiger charge is 2.48. The maximum atomic E-state index is 11.0. The SMILES string of the molecule is O=C(O)CC1(c2cc3c(c(Br)c2O)OCCO3)CC1. The van der Waals surface area contributed by atoms with E-state index in [1.807, 2.05) is 0 Å². The van der Waals surface area contributed by atoms with Crippen molar-refractivity contribution in [3.05, 3.63) is 16.1 Å². The molecule has 1 heterocycles. The summed E-state index contributed by atoms with van der Waals surface area (Å²) in [5.74, 6) is 0.243. The molecule has 19 heavy (non-hydrogen) atoms. The Morgan fingerprint density at radius 3 is 2.68 bits per heavy atom. The summed E-state index contributed by atoms with van der Waals surface area (Å²) < 4.78 is 11.4. The Labute approximate surface area is 118 Å². The number of hydrogen-bond donors (Lipinski definition) is 2. The van der Waals surface area contributed by atoms with Crippen molar-refractivity contribution in [2.24, 2.45) is 0 Å². The van der Waals surface area contributed by atoms with Crippen LogP contribution in [0.1, 0.15) is 24.8 Å². The normalized spacial score (nSPS) is 19.0. The molecule has 0 aromatic heterocycles. The van der Waals surface area contributed by atoms with Gasteiger partial charge in [0.25, 0.3) is 0 Å². The number of halogens is 1. The molecule has 1 saturated carbocycles. The smallest absolute Gasteiger partial charge is 0.304 e. The first-order valence-corrected chi connectivity index (χ1v) is 6.86. The molecule has 1 aliphatic heterocycles. The Kier molecular flexibility index (Phi) is 2.85. The highest BCUT2D eigenvalue weighted by Crippen LogP contribution is 2.58. The second-order valence-corrected chi connectivity index (χ2v) is 5.75. The molecule has 0 atom stereocenters. The maximum Gasteiger partial charge on any atom is 0.304 e. The monoisotopic (exact) mass is 328 g/mol. The van der Waals surface area contributed by atoms with Gasteiger partial charge in [-0.1, -0.05) is 0 Å². The number of carbonyl (C=O) groups is 1. The predicted octanol–water partition coefficient (Wildman–Crippen LogP) is 2.43. The second-order valence-electron chi connectivity index (χ2n) is 4.96. The number of carboxylic acids is 1. The lowest BCUT2D eigenvalue weighted by atomic mass is 9.91. The predicted molar refractivity (Wildman–Crippen MR) is 70.0 cm³/mol. The van der Waals surface area contributed by atoms with Gasteiger partial charge in [0.05, 0.1) is 6.42 Å². The third-order valence-electron chi connectivity index (χ3n) is 3.66. The van der Waals surface area contributed by atoms with E-state index in [2.05, 4.69) is 15.9 Å². The Balaban J connectivity index is 2.07. The molecule has 1 fully saturated rings. The van der Waals surface area contributed by atoms with Crippen molar-refractivity contribution in [3.8, 4) is 17.2 Å². The van der Waals surface area contributed by atoms with Gasteiger partial charge < -0.3 is 19.7 Å². The van der Waals surface area contributed by atoms with Crippen molar-refractivity contribution >= 4 is 21.9 Å². The third-order valence-corrected chi connectivity index (χ3v) is 4.40. The highest BCUT2D eigenvalue weighted by molar-refractivity contribution is 9.10. The van der Waals surface area contributed by atoms with Crippen molar-refractivity contribution in [2.45, 2.75) is 24.7 Å². The molecular formula is C13H13BrO5. The van der Waals surface area contributed by atoms with E-state index in [0.29, 0.717) is 34.7 Å². The topological polar surface area (TPSA) is 76.0 Å². The average molecular weight is 329 g/mol. The second kappa shape index (κ2) is 4.30. The molecule has 0 saturated heterocycles. The summed E-state index contributed by atoms with van der Waals surface area (Å²) in [4.78, 5) is 11.0. The summed E-state index contributed by atoms with van der Waals surface area (Å²) in [5.41, 5.74) is 0.167. The lowest BCUT2D eigenvalue weighted by Gasteiger charge is -2.24. The minimum atomic E-state index is -0.858. The molecular weight excluding hydrogens is 316 g/mol. The van der Waals surface area contributed by atoms with E-state index in [4.69, 9.17) is 14.6 Å². The molecule has 6 heteroatoms. The Morgan fingerprint density at radius 1 is 1.37 bits per heavy atom. The van der Waals surface area contributed by atoms with Crippen molar-refractivity contribution in [1.82, 2.24) is 0 Å². The summed E-state index contributed by atoms with van der Waals surface area (Å²) >= 11 is 3.30. The zero-order valence-electron chi connectivity index (χ0n) is 10.1. The quantitative estimate of drug-likeness (QED) is 0.891. The van der Waals surface area contributed by atoms with Crippen LogP contribution in [0, 0.1) is 0 Å². The molecule has 3 rings (SSSR count). The van der Waals surface area contributed by atoms with Gasteiger partial charge in [0.15, 0.2) is 11.5 Å². The van der Waals surface area contributed by atoms with Gasteiger partial charge in [-0.25, -0.2) is 0 Å². The molecule has 1 aromatic rings. The molecule has 0 amide bonds. The van der Waals surface area contributed by atoms with Gasteiger partial charge in [-0.05, 0) is 34.8 Å². The van der Waals surface area contributed by atoms with E-state index >= 15 is 0 Å².